The van der Waals surface area contributed by atoms with Gasteiger partial charge in [0.1, 0.15) is 5.75 Å². The van der Waals surface area contributed by atoms with Crippen LogP contribution in [-0.2, 0) is 9.59 Å². The number of benzene rings is 1. The largest absolute Gasteiger partial charge is 0.483 e. The second-order valence-corrected chi connectivity index (χ2v) is 6.92. The van der Waals surface area contributed by atoms with Crippen molar-refractivity contribution in [2.24, 2.45) is 5.92 Å². The molecule has 1 aliphatic carbocycles. The average molecular weight is 330 g/mol. The zero-order valence-corrected chi connectivity index (χ0v) is 14.8. The van der Waals surface area contributed by atoms with E-state index < -0.39 is 0 Å². The van der Waals surface area contributed by atoms with Gasteiger partial charge in [0.2, 0.25) is 5.91 Å². The molecule has 0 atom stereocenters. The molecule has 0 radical (unpaired) electrons. The summed E-state index contributed by atoms with van der Waals surface area (Å²) in [5.41, 5.74) is 3.30. The molecule has 130 valence electrons. The third-order valence-electron chi connectivity index (χ3n) is 5.08. The van der Waals surface area contributed by atoms with Crippen molar-refractivity contribution in [3.63, 3.8) is 0 Å². The molecule has 2 fully saturated rings. The number of amides is 2. The van der Waals surface area contributed by atoms with E-state index in [1.165, 1.54) is 0 Å². The summed E-state index contributed by atoms with van der Waals surface area (Å²) in [5, 5.41) is 0. The fourth-order valence-corrected chi connectivity index (χ4v) is 3.14. The number of nitrogens with zero attached hydrogens (tertiary/aromatic N) is 2. The fraction of sp³-hybridized carbons (Fsp3) is 0.579. The fourth-order valence-electron chi connectivity index (χ4n) is 3.14. The van der Waals surface area contributed by atoms with Crippen LogP contribution >= 0.6 is 0 Å². The van der Waals surface area contributed by atoms with Crippen molar-refractivity contribution >= 4 is 11.8 Å². The number of piperazine rings is 1. The molecule has 1 heterocycles. The Balaban J connectivity index is 1.51. The Morgan fingerprint density at radius 2 is 1.58 bits per heavy atom. The maximum absolute atomic E-state index is 12.4. The van der Waals surface area contributed by atoms with E-state index in [2.05, 4.69) is 6.07 Å². The number of carbonyl (C=O) groups is 2. The summed E-state index contributed by atoms with van der Waals surface area (Å²) in [5.74, 6) is 1.33. The highest BCUT2D eigenvalue weighted by Gasteiger charge is 2.35. The predicted molar refractivity (Wildman–Crippen MR) is 92.0 cm³/mol. The number of rotatable bonds is 4. The minimum atomic E-state index is -0.00572. The first kappa shape index (κ1) is 16.8. The molecular formula is C19H26N2O3. The zero-order chi connectivity index (χ0) is 17.3. The highest BCUT2D eigenvalue weighted by molar-refractivity contribution is 5.82. The monoisotopic (exact) mass is 330 g/mol. The Morgan fingerprint density at radius 1 is 1.00 bits per heavy atom. The number of hydrogen-bond acceptors (Lipinski definition) is 3. The Hall–Kier alpha value is -2.04. The third kappa shape index (κ3) is 3.55. The zero-order valence-electron chi connectivity index (χ0n) is 14.8. The van der Waals surface area contributed by atoms with Gasteiger partial charge in [-0.05, 0) is 50.3 Å². The van der Waals surface area contributed by atoms with Gasteiger partial charge in [0.15, 0.2) is 6.61 Å². The first-order valence-corrected chi connectivity index (χ1v) is 8.73. The summed E-state index contributed by atoms with van der Waals surface area (Å²) >= 11 is 0. The van der Waals surface area contributed by atoms with Gasteiger partial charge in [0.05, 0.1) is 0 Å². The highest BCUT2D eigenvalue weighted by Crippen LogP contribution is 2.31. The molecular weight excluding hydrogens is 304 g/mol. The molecule has 0 bridgehead atoms. The number of ether oxygens (including phenoxy) is 1. The molecule has 2 amide bonds. The lowest BCUT2D eigenvalue weighted by molar-refractivity contribution is -0.141. The summed E-state index contributed by atoms with van der Waals surface area (Å²) in [4.78, 5) is 28.2. The lowest BCUT2D eigenvalue weighted by Crippen LogP contribution is -2.52. The summed E-state index contributed by atoms with van der Waals surface area (Å²) in [7, 11) is 0. The minimum Gasteiger partial charge on any atom is -0.483 e. The van der Waals surface area contributed by atoms with Gasteiger partial charge in [-0.3, -0.25) is 9.59 Å². The molecule has 0 aromatic heterocycles. The van der Waals surface area contributed by atoms with E-state index in [1.54, 1.807) is 4.90 Å². The molecule has 2 aliphatic rings. The van der Waals surface area contributed by atoms with Crippen molar-refractivity contribution in [3.05, 3.63) is 28.8 Å². The molecule has 24 heavy (non-hydrogen) atoms. The summed E-state index contributed by atoms with van der Waals surface area (Å²) < 4.78 is 5.81. The molecule has 1 aliphatic heterocycles. The number of aryl methyl sites for hydroxylation is 2. The van der Waals surface area contributed by atoms with Gasteiger partial charge in [0, 0.05) is 32.1 Å². The number of carbonyl (C=O) groups excluding carboxylic acids is 2. The van der Waals surface area contributed by atoms with E-state index in [0.29, 0.717) is 26.2 Å². The van der Waals surface area contributed by atoms with Crippen LogP contribution in [0.25, 0.3) is 0 Å². The average Bonchev–Trinajstić information content (AvgIpc) is 3.42. The van der Waals surface area contributed by atoms with Crippen LogP contribution in [0.15, 0.2) is 12.1 Å². The second-order valence-electron chi connectivity index (χ2n) is 6.92. The quantitative estimate of drug-likeness (QED) is 0.849. The molecule has 1 aromatic rings. The maximum atomic E-state index is 12.4. The van der Waals surface area contributed by atoms with Gasteiger partial charge < -0.3 is 14.5 Å². The molecule has 1 aromatic carbocycles. The van der Waals surface area contributed by atoms with Crippen LogP contribution in [0.4, 0.5) is 0 Å². The van der Waals surface area contributed by atoms with Crippen LogP contribution in [0, 0.1) is 26.7 Å². The molecule has 5 heteroatoms. The van der Waals surface area contributed by atoms with Gasteiger partial charge in [-0.2, -0.15) is 0 Å². The van der Waals surface area contributed by atoms with E-state index in [-0.39, 0.29) is 24.3 Å². The SMILES string of the molecule is Cc1ccc(C)c(OCC(=O)N2CCN(C(=O)C3CC3)CC2)c1C. The molecule has 5 nitrogen and oxygen atoms in total. The third-order valence-corrected chi connectivity index (χ3v) is 5.08. The maximum Gasteiger partial charge on any atom is 0.260 e. The van der Waals surface area contributed by atoms with Crippen molar-refractivity contribution in [1.29, 1.82) is 0 Å². The lowest BCUT2D eigenvalue weighted by atomic mass is 10.1. The lowest BCUT2D eigenvalue weighted by Gasteiger charge is -2.35. The van der Waals surface area contributed by atoms with Crippen molar-refractivity contribution in [1.82, 2.24) is 9.80 Å². The van der Waals surface area contributed by atoms with E-state index >= 15 is 0 Å². The van der Waals surface area contributed by atoms with Crippen LogP contribution in [0.5, 0.6) is 5.75 Å². The van der Waals surface area contributed by atoms with E-state index in [0.717, 1.165) is 35.3 Å². The summed E-state index contributed by atoms with van der Waals surface area (Å²) in [6.45, 7) is 8.60. The number of hydrogen-bond donors (Lipinski definition) is 0. The Labute approximate surface area is 143 Å². The van der Waals surface area contributed by atoms with Gasteiger partial charge in [-0.25, -0.2) is 0 Å². The van der Waals surface area contributed by atoms with Crippen molar-refractivity contribution in [3.8, 4) is 5.75 Å². The van der Waals surface area contributed by atoms with Gasteiger partial charge in [0.25, 0.3) is 5.91 Å². The van der Waals surface area contributed by atoms with Crippen LogP contribution in [-0.4, -0.2) is 54.4 Å². The van der Waals surface area contributed by atoms with Crippen LogP contribution < -0.4 is 4.74 Å². The molecule has 1 saturated heterocycles. The van der Waals surface area contributed by atoms with Gasteiger partial charge in [-0.15, -0.1) is 0 Å². The molecule has 0 spiro atoms. The van der Waals surface area contributed by atoms with E-state index in [4.69, 9.17) is 4.74 Å². The van der Waals surface area contributed by atoms with Gasteiger partial charge >= 0.3 is 0 Å². The second kappa shape index (κ2) is 6.83. The topological polar surface area (TPSA) is 49.9 Å². The van der Waals surface area contributed by atoms with Crippen molar-refractivity contribution < 1.29 is 14.3 Å². The predicted octanol–water partition coefficient (Wildman–Crippen LogP) is 2.07. The van der Waals surface area contributed by atoms with E-state index in [9.17, 15) is 9.59 Å². The van der Waals surface area contributed by atoms with Crippen LogP contribution in [0.1, 0.15) is 29.5 Å². The summed E-state index contributed by atoms with van der Waals surface area (Å²) in [6.07, 6.45) is 2.06. The first-order valence-electron chi connectivity index (χ1n) is 8.73. The Bertz CT molecular complexity index is 644. The molecule has 0 N–H and O–H groups in total. The Morgan fingerprint density at radius 3 is 2.21 bits per heavy atom. The standard InChI is InChI=1S/C19H26N2O3/c1-13-4-5-14(2)18(15(13)3)24-12-17(22)20-8-10-21(11-9-20)19(23)16-6-7-16/h4-5,16H,6-12H2,1-3H3. The van der Waals surface area contributed by atoms with Gasteiger partial charge in [-0.1, -0.05) is 12.1 Å². The molecule has 0 unspecified atom stereocenters. The first-order chi connectivity index (χ1) is 11.5. The molecule has 1 saturated carbocycles. The van der Waals surface area contributed by atoms with Crippen LogP contribution in [0.2, 0.25) is 0 Å². The summed E-state index contributed by atoms with van der Waals surface area (Å²) in [6, 6.07) is 4.08. The van der Waals surface area contributed by atoms with Crippen molar-refractivity contribution in [2.75, 3.05) is 32.8 Å². The van der Waals surface area contributed by atoms with E-state index in [1.807, 2.05) is 31.7 Å². The van der Waals surface area contributed by atoms with Crippen molar-refractivity contribution in [2.45, 2.75) is 33.6 Å². The van der Waals surface area contributed by atoms with Crippen LogP contribution in [0.3, 0.4) is 0 Å². The molecule has 3 rings (SSSR count). The minimum absolute atomic E-state index is 0.00572. The smallest absolute Gasteiger partial charge is 0.260 e. The highest BCUT2D eigenvalue weighted by atomic mass is 16.5. The Kier molecular flexibility index (Phi) is 4.78. The normalized spacial score (nSPS) is 17.8.